The predicted molar refractivity (Wildman–Crippen MR) is 78.8 cm³/mol. The van der Waals surface area contributed by atoms with Gasteiger partial charge in [-0.15, -0.1) is 20.4 Å². The van der Waals surface area contributed by atoms with Crippen molar-refractivity contribution in [2.75, 3.05) is 26.8 Å². The Hall–Kier alpha value is -1.58. The molecule has 3 heterocycles. The van der Waals surface area contributed by atoms with Crippen LogP contribution in [0.5, 0.6) is 5.19 Å². The number of methoxy groups -OCH3 is 1. The van der Waals surface area contributed by atoms with Crippen LogP contribution in [0.15, 0.2) is 4.42 Å². The normalized spacial score (nSPS) is 19.7. The van der Waals surface area contributed by atoms with Crippen LogP contribution in [-0.2, 0) is 11.3 Å². The summed E-state index contributed by atoms with van der Waals surface area (Å²) in [4.78, 5) is 2.24. The largest absolute Gasteiger partial charge is 0.472 e. The molecule has 8 nitrogen and oxygen atoms in total. The van der Waals surface area contributed by atoms with Gasteiger partial charge in [0.2, 0.25) is 11.8 Å². The Morgan fingerprint density at radius 1 is 1.32 bits per heavy atom. The fourth-order valence-corrected chi connectivity index (χ4v) is 2.88. The van der Waals surface area contributed by atoms with Gasteiger partial charge in [0.1, 0.15) is 11.1 Å². The minimum Gasteiger partial charge on any atom is -0.472 e. The van der Waals surface area contributed by atoms with Crippen LogP contribution in [0.3, 0.4) is 0 Å². The summed E-state index contributed by atoms with van der Waals surface area (Å²) in [7, 11) is 1.59. The van der Waals surface area contributed by atoms with Crippen LogP contribution < -0.4 is 4.74 Å². The summed E-state index contributed by atoms with van der Waals surface area (Å²) < 4.78 is 16.5. The molecule has 1 saturated heterocycles. The molecule has 0 radical (unpaired) electrons. The average molecular weight is 325 g/mol. The summed E-state index contributed by atoms with van der Waals surface area (Å²) >= 11 is 1.45. The second kappa shape index (κ2) is 6.67. The van der Waals surface area contributed by atoms with Crippen LogP contribution in [0.4, 0.5) is 0 Å². The molecule has 0 bridgehead atoms. The van der Waals surface area contributed by atoms with Crippen molar-refractivity contribution in [1.82, 2.24) is 25.3 Å². The number of morpholine rings is 1. The summed E-state index contributed by atoms with van der Waals surface area (Å²) in [6.07, 6.45) is -0.191. The molecule has 0 N–H and O–H groups in total. The lowest BCUT2D eigenvalue weighted by molar-refractivity contribution is -0.0459. The van der Waals surface area contributed by atoms with Crippen molar-refractivity contribution in [2.24, 2.45) is 0 Å². The van der Waals surface area contributed by atoms with Crippen molar-refractivity contribution >= 4 is 11.3 Å². The molecule has 0 amide bonds. The molecular weight excluding hydrogens is 306 g/mol. The zero-order valence-corrected chi connectivity index (χ0v) is 13.7. The summed E-state index contributed by atoms with van der Waals surface area (Å²) in [5, 5.41) is 17.7. The Labute approximate surface area is 132 Å². The average Bonchev–Trinajstić information content (AvgIpc) is 3.16. The fourth-order valence-electron chi connectivity index (χ4n) is 2.18. The van der Waals surface area contributed by atoms with Gasteiger partial charge in [-0.1, -0.05) is 25.2 Å². The van der Waals surface area contributed by atoms with Gasteiger partial charge in [-0.05, 0) is 0 Å². The summed E-state index contributed by atoms with van der Waals surface area (Å²) in [5.41, 5.74) is 0. The quantitative estimate of drug-likeness (QED) is 0.820. The SMILES string of the molecule is COc1nnc(CN2CCOC(c3nnc(C(C)C)o3)C2)s1. The highest BCUT2D eigenvalue weighted by Gasteiger charge is 2.27. The maximum Gasteiger partial charge on any atom is 0.293 e. The lowest BCUT2D eigenvalue weighted by Crippen LogP contribution is -2.37. The lowest BCUT2D eigenvalue weighted by atomic mass is 10.2. The van der Waals surface area contributed by atoms with Gasteiger partial charge in [0.05, 0.1) is 20.3 Å². The van der Waals surface area contributed by atoms with Crippen molar-refractivity contribution in [3.8, 4) is 5.19 Å². The number of aromatic nitrogens is 4. The highest BCUT2D eigenvalue weighted by Crippen LogP contribution is 2.25. The predicted octanol–water partition coefficient (Wildman–Crippen LogP) is 1.63. The van der Waals surface area contributed by atoms with Crippen LogP contribution in [0.1, 0.15) is 42.7 Å². The van der Waals surface area contributed by atoms with E-state index in [0.29, 0.717) is 36.7 Å². The zero-order valence-electron chi connectivity index (χ0n) is 12.9. The van der Waals surface area contributed by atoms with Crippen molar-refractivity contribution in [3.63, 3.8) is 0 Å². The van der Waals surface area contributed by atoms with Gasteiger partial charge in [0.25, 0.3) is 5.19 Å². The van der Waals surface area contributed by atoms with E-state index in [9.17, 15) is 0 Å². The fraction of sp³-hybridized carbons (Fsp3) is 0.692. The van der Waals surface area contributed by atoms with Crippen molar-refractivity contribution in [2.45, 2.75) is 32.4 Å². The number of hydrogen-bond donors (Lipinski definition) is 0. The molecule has 1 aliphatic rings. The molecule has 1 unspecified atom stereocenters. The van der Waals surface area contributed by atoms with Gasteiger partial charge in [0.15, 0.2) is 0 Å². The van der Waals surface area contributed by atoms with E-state index in [0.717, 1.165) is 11.6 Å². The maximum atomic E-state index is 5.76. The Kier molecular flexibility index (Phi) is 4.65. The van der Waals surface area contributed by atoms with Crippen molar-refractivity contribution < 1.29 is 13.9 Å². The Bertz CT molecular complexity index is 614. The Morgan fingerprint density at radius 3 is 2.86 bits per heavy atom. The van der Waals surface area contributed by atoms with E-state index in [4.69, 9.17) is 13.9 Å². The van der Waals surface area contributed by atoms with E-state index in [-0.39, 0.29) is 12.0 Å². The maximum absolute atomic E-state index is 5.76. The van der Waals surface area contributed by atoms with Crippen LogP contribution in [0.25, 0.3) is 0 Å². The number of rotatable bonds is 5. The molecule has 1 fully saturated rings. The lowest BCUT2D eigenvalue weighted by Gasteiger charge is -2.30. The van der Waals surface area contributed by atoms with Crippen molar-refractivity contribution in [3.05, 3.63) is 16.8 Å². The molecule has 3 rings (SSSR count). The van der Waals surface area contributed by atoms with Gasteiger partial charge in [-0.3, -0.25) is 4.90 Å². The Morgan fingerprint density at radius 2 is 2.18 bits per heavy atom. The zero-order chi connectivity index (χ0) is 15.5. The van der Waals surface area contributed by atoms with Gasteiger partial charge in [-0.25, -0.2) is 0 Å². The summed E-state index contributed by atoms with van der Waals surface area (Å²) in [6.45, 7) is 6.92. The smallest absolute Gasteiger partial charge is 0.293 e. The van der Waals surface area contributed by atoms with E-state index in [1.54, 1.807) is 7.11 Å². The van der Waals surface area contributed by atoms with Crippen LogP contribution in [0, 0.1) is 0 Å². The minimum atomic E-state index is -0.191. The molecule has 22 heavy (non-hydrogen) atoms. The van der Waals surface area contributed by atoms with E-state index < -0.39 is 0 Å². The molecule has 1 aliphatic heterocycles. The van der Waals surface area contributed by atoms with E-state index in [1.165, 1.54) is 11.3 Å². The second-order valence-corrected chi connectivity index (χ2v) is 6.42. The number of nitrogens with zero attached hydrogens (tertiary/aromatic N) is 5. The van der Waals surface area contributed by atoms with E-state index >= 15 is 0 Å². The first-order valence-electron chi connectivity index (χ1n) is 7.19. The molecule has 0 aromatic carbocycles. The summed E-state index contributed by atoms with van der Waals surface area (Å²) in [6, 6.07) is 0. The molecule has 120 valence electrons. The molecule has 0 aliphatic carbocycles. The second-order valence-electron chi connectivity index (χ2n) is 5.39. The number of hydrogen-bond acceptors (Lipinski definition) is 9. The highest BCUT2D eigenvalue weighted by molar-refractivity contribution is 7.13. The molecule has 9 heteroatoms. The third kappa shape index (κ3) is 3.42. The first kappa shape index (κ1) is 15.3. The molecule has 0 spiro atoms. The number of ether oxygens (including phenoxy) is 2. The molecule has 2 aromatic rings. The van der Waals surface area contributed by atoms with Crippen LogP contribution in [-0.4, -0.2) is 52.1 Å². The monoisotopic (exact) mass is 325 g/mol. The Balaban J connectivity index is 1.63. The van der Waals surface area contributed by atoms with Gasteiger partial charge >= 0.3 is 0 Å². The standard InChI is InChI=1S/C13H19N5O3S/c1-8(2)11-15-16-12(21-11)9-6-18(4-5-20-9)7-10-14-17-13(19-3)22-10/h8-9H,4-7H2,1-3H3. The molecule has 0 saturated carbocycles. The van der Waals surface area contributed by atoms with E-state index in [1.807, 2.05) is 13.8 Å². The minimum absolute atomic E-state index is 0.191. The third-order valence-corrected chi connectivity index (χ3v) is 4.23. The molecular formula is C13H19N5O3S. The molecule has 1 atom stereocenters. The van der Waals surface area contributed by atoms with Gasteiger partial charge < -0.3 is 13.9 Å². The third-order valence-electron chi connectivity index (χ3n) is 3.36. The van der Waals surface area contributed by atoms with Gasteiger partial charge in [-0.2, -0.15) is 0 Å². The van der Waals surface area contributed by atoms with Gasteiger partial charge in [0, 0.05) is 19.0 Å². The summed E-state index contributed by atoms with van der Waals surface area (Å²) in [5.74, 6) is 1.41. The first-order chi connectivity index (χ1) is 10.7. The van der Waals surface area contributed by atoms with Crippen LogP contribution >= 0.6 is 11.3 Å². The van der Waals surface area contributed by atoms with Crippen molar-refractivity contribution in [1.29, 1.82) is 0 Å². The first-order valence-corrected chi connectivity index (χ1v) is 8.01. The van der Waals surface area contributed by atoms with Crippen LogP contribution in [0.2, 0.25) is 0 Å². The van der Waals surface area contributed by atoms with E-state index in [2.05, 4.69) is 25.3 Å². The highest BCUT2D eigenvalue weighted by atomic mass is 32.1. The molecule has 2 aromatic heterocycles. The topological polar surface area (TPSA) is 86.4 Å².